The minimum atomic E-state index is 0.414. The van der Waals surface area contributed by atoms with Crippen molar-refractivity contribution in [1.82, 2.24) is 0 Å². The van der Waals surface area contributed by atoms with E-state index in [1.54, 1.807) is 24.3 Å². The molecule has 0 fully saturated rings. The standard InChI is InChI=1S/C12H9ClN2O/c13-9-2-1-3-12(8-9)14-10-4-6-11(15-16)7-5-10/h1-8,14H. The van der Waals surface area contributed by atoms with Gasteiger partial charge in [0.05, 0.1) is 0 Å². The zero-order valence-corrected chi connectivity index (χ0v) is 9.11. The smallest absolute Gasteiger partial charge is 0.108 e. The topological polar surface area (TPSA) is 41.5 Å². The van der Waals surface area contributed by atoms with Crippen LogP contribution in [0.4, 0.5) is 17.1 Å². The first kappa shape index (κ1) is 10.6. The summed E-state index contributed by atoms with van der Waals surface area (Å²) in [5.74, 6) is 0. The Labute approximate surface area is 98.0 Å². The third-order valence-electron chi connectivity index (χ3n) is 2.09. The summed E-state index contributed by atoms with van der Waals surface area (Å²) in [5.41, 5.74) is 2.20. The van der Waals surface area contributed by atoms with Gasteiger partial charge in [-0.05, 0) is 47.6 Å². The Balaban J connectivity index is 2.17. The molecule has 0 saturated carbocycles. The Hall–Kier alpha value is -1.87. The van der Waals surface area contributed by atoms with E-state index in [4.69, 9.17) is 11.6 Å². The molecule has 0 unspecified atom stereocenters. The van der Waals surface area contributed by atoms with Crippen LogP contribution in [0.3, 0.4) is 0 Å². The van der Waals surface area contributed by atoms with Crippen molar-refractivity contribution >= 4 is 28.7 Å². The molecule has 0 bridgehead atoms. The molecular formula is C12H9ClN2O. The summed E-state index contributed by atoms with van der Waals surface area (Å²) in [6.07, 6.45) is 0. The number of halogens is 1. The second-order valence-corrected chi connectivity index (χ2v) is 3.71. The predicted molar refractivity (Wildman–Crippen MR) is 66.6 cm³/mol. The van der Waals surface area contributed by atoms with Crippen LogP contribution in [-0.4, -0.2) is 0 Å². The SMILES string of the molecule is O=Nc1ccc(Nc2cccc(Cl)c2)cc1. The fourth-order valence-electron chi connectivity index (χ4n) is 1.34. The summed E-state index contributed by atoms with van der Waals surface area (Å²) in [6, 6.07) is 14.3. The van der Waals surface area contributed by atoms with Gasteiger partial charge in [-0.1, -0.05) is 17.7 Å². The van der Waals surface area contributed by atoms with Crippen LogP contribution < -0.4 is 5.32 Å². The lowest BCUT2D eigenvalue weighted by molar-refractivity contribution is 1.48. The van der Waals surface area contributed by atoms with Crippen molar-refractivity contribution in [2.75, 3.05) is 5.32 Å². The summed E-state index contributed by atoms with van der Waals surface area (Å²) in [6.45, 7) is 0. The molecule has 16 heavy (non-hydrogen) atoms. The van der Waals surface area contributed by atoms with Gasteiger partial charge in [-0.2, -0.15) is 0 Å². The number of nitrogens with one attached hydrogen (secondary N) is 1. The molecule has 0 atom stereocenters. The van der Waals surface area contributed by atoms with E-state index in [2.05, 4.69) is 10.5 Å². The zero-order valence-electron chi connectivity index (χ0n) is 8.35. The molecule has 0 spiro atoms. The van der Waals surface area contributed by atoms with Crippen molar-refractivity contribution in [2.45, 2.75) is 0 Å². The molecule has 2 aromatic rings. The number of hydrogen-bond donors (Lipinski definition) is 1. The normalized spacial score (nSPS) is 9.81. The summed E-state index contributed by atoms with van der Waals surface area (Å²) in [4.78, 5) is 10.2. The lowest BCUT2D eigenvalue weighted by Gasteiger charge is -2.06. The van der Waals surface area contributed by atoms with Crippen LogP contribution in [0, 0.1) is 4.91 Å². The first-order chi connectivity index (χ1) is 7.78. The molecule has 0 radical (unpaired) electrons. The number of anilines is 2. The molecule has 2 rings (SSSR count). The molecule has 0 aliphatic rings. The van der Waals surface area contributed by atoms with Crippen molar-refractivity contribution in [2.24, 2.45) is 5.18 Å². The lowest BCUT2D eigenvalue weighted by Crippen LogP contribution is -1.88. The van der Waals surface area contributed by atoms with E-state index in [9.17, 15) is 4.91 Å². The van der Waals surface area contributed by atoms with Gasteiger partial charge in [0.2, 0.25) is 0 Å². The summed E-state index contributed by atoms with van der Waals surface area (Å²) in [5, 5.41) is 6.68. The van der Waals surface area contributed by atoms with Crippen LogP contribution in [0.5, 0.6) is 0 Å². The average molecular weight is 233 g/mol. The molecule has 2 aromatic carbocycles. The van der Waals surface area contributed by atoms with Crippen LogP contribution in [0.25, 0.3) is 0 Å². The fourth-order valence-corrected chi connectivity index (χ4v) is 1.53. The molecule has 0 aromatic heterocycles. The summed E-state index contributed by atoms with van der Waals surface area (Å²) in [7, 11) is 0. The fraction of sp³-hybridized carbons (Fsp3) is 0. The van der Waals surface area contributed by atoms with Crippen LogP contribution in [0.1, 0.15) is 0 Å². The maximum atomic E-state index is 10.2. The Bertz CT molecular complexity index is 497. The van der Waals surface area contributed by atoms with E-state index in [1.807, 2.05) is 24.3 Å². The van der Waals surface area contributed by atoms with Gasteiger partial charge in [0, 0.05) is 16.4 Å². The van der Waals surface area contributed by atoms with Crippen LogP contribution in [0.2, 0.25) is 5.02 Å². The van der Waals surface area contributed by atoms with Gasteiger partial charge in [-0.3, -0.25) is 0 Å². The number of nitrogens with zero attached hydrogens (tertiary/aromatic N) is 1. The average Bonchev–Trinajstić information content (AvgIpc) is 2.30. The second kappa shape index (κ2) is 4.77. The van der Waals surface area contributed by atoms with Gasteiger partial charge in [0.25, 0.3) is 0 Å². The maximum Gasteiger partial charge on any atom is 0.108 e. The number of hydrogen-bond acceptors (Lipinski definition) is 3. The van der Waals surface area contributed by atoms with Crippen molar-refractivity contribution in [1.29, 1.82) is 0 Å². The van der Waals surface area contributed by atoms with Gasteiger partial charge in [0.15, 0.2) is 0 Å². The lowest BCUT2D eigenvalue weighted by atomic mass is 10.2. The highest BCUT2D eigenvalue weighted by Gasteiger charge is 1.96. The molecule has 0 aliphatic heterocycles. The van der Waals surface area contributed by atoms with Crippen LogP contribution in [-0.2, 0) is 0 Å². The summed E-state index contributed by atoms with van der Waals surface area (Å²) < 4.78 is 0. The Kier molecular flexibility index (Phi) is 3.17. The maximum absolute atomic E-state index is 10.2. The van der Waals surface area contributed by atoms with Gasteiger partial charge >= 0.3 is 0 Å². The third-order valence-corrected chi connectivity index (χ3v) is 2.32. The Morgan fingerprint density at radius 2 is 1.75 bits per heavy atom. The molecule has 0 saturated heterocycles. The van der Waals surface area contributed by atoms with E-state index in [0.29, 0.717) is 10.7 Å². The minimum Gasteiger partial charge on any atom is -0.355 e. The largest absolute Gasteiger partial charge is 0.355 e. The van der Waals surface area contributed by atoms with E-state index in [1.165, 1.54) is 0 Å². The first-order valence-corrected chi connectivity index (χ1v) is 5.12. The molecule has 0 amide bonds. The van der Waals surface area contributed by atoms with E-state index in [-0.39, 0.29) is 0 Å². The molecule has 4 heteroatoms. The van der Waals surface area contributed by atoms with Crippen LogP contribution >= 0.6 is 11.6 Å². The van der Waals surface area contributed by atoms with Crippen molar-refractivity contribution in [3.8, 4) is 0 Å². The Morgan fingerprint density at radius 3 is 2.38 bits per heavy atom. The summed E-state index contributed by atoms with van der Waals surface area (Å²) >= 11 is 5.86. The highest BCUT2D eigenvalue weighted by molar-refractivity contribution is 6.30. The quantitative estimate of drug-likeness (QED) is 0.793. The molecule has 0 heterocycles. The van der Waals surface area contributed by atoms with E-state index < -0.39 is 0 Å². The van der Waals surface area contributed by atoms with Gasteiger partial charge in [-0.25, -0.2) is 0 Å². The third kappa shape index (κ3) is 2.58. The number of rotatable bonds is 3. The van der Waals surface area contributed by atoms with Crippen molar-refractivity contribution in [3.63, 3.8) is 0 Å². The molecule has 3 nitrogen and oxygen atoms in total. The van der Waals surface area contributed by atoms with Crippen molar-refractivity contribution in [3.05, 3.63) is 58.5 Å². The van der Waals surface area contributed by atoms with Gasteiger partial charge in [0.1, 0.15) is 5.69 Å². The first-order valence-electron chi connectivity index (χ1n) is 4.74. The number of nitroso groups, excluding NO2 is 1. The highest BCUT2D eigenvalue weighted by Crippen LogP contribution is 2.22. The highest BCUT2D eigenvalue weighted by atomic mass is 35.5. The number of benzene rings is 2. The van der Waals surface area contributed by atoms with Gasteiger partial charge < -0.3 is 5.32 Å². The zero-order chi connectivity index (χ0) is 11.4. The molecule has 80 valence electrons. The van der Waals surface area contributed by atoms with Gasteiger partial charge in [-0.15, -0.1) is 4.91 Å². The minimum absolute atomic E-state index is 0.414. The Morgan fingerprint density at radius 1 is 1.00 bits per heavy atom. The van der Waals surface area contributed by atoms with E-state index in [0.717, 1.165) is 11.4 Å². The van der Waals surface area contributed by atoms with Crippen LogP contribution in [0.15, 0.2) is 53.7 Å². The van der Waals surface area contributed by atoms with Crippen molar-refractivity contribution < 1.29 is 0 Å². The monoisotopic (exact) mass is 232 g/mol. The molecule has 0 aliphatic carbocycles. The van der Waals surface area contributed by atoms with E-state index >= 15 is 0 Å². The molecular weight excluding hydrogens is 224 g/mol. The molecule has 1 N–H and O–H groups in total. The predicted octanol–water partition coefficient (Wildman–Crippen LogP) is 4.48. The second-order valence-electron chi connectivity index (χ2n) is 3.27.